The smallest absolute Gasteiger partial charge is 0.255 e. The van der Waals surface area contributed by atoms with Gasteiger partial charge >= 0.3 is 0 Å². The molecule has 2 aromatic rings. The lowest BCUT2D eigenvalue weighted by Gasteiger charge is -2.19. The lowest BCUT2D eigenvalue weighted by molar-refractivity contribution is 0.0950. The van der Waals surface area contributed by atoms with Crippen LogP contribution in [-0.4, -0.2) is 46.8 Å². The fourth-order valence-corrected chi connectivity index (χ4v) is 3.74. The van der Waals surface area contributed by atoms with Crippen LogP contribution >= 0.6 is 0 Å². The summed E-state index contributed by atoms with van der Waals surface area (Å²) in [5.41, 5.74) is 3.34. The van der Waals surface area contributed by atoms with Crippen LogP contribution in [0.15, 0.2) is 30.3 Å². The first kappa shape index (κ1) is 18.6. The number of likely N-dealkylation sites (tertiary alicyclic amines) is 1. The van der Waals surface area contributed by atoms with Gasteiger partial charge in [0.1, 0.15) is 0 Å². The summed E-state index contributed by atoms with van der Waals surface area (Å²) in [7, 11) is 0. The van der Waals surface area contributed by atoms with Gasteiger partial charge in [0.05, 0.1) is 22.6 Å². The van der Waals surface area contributed by atoms with Crippen molar-refractivity contribution < 1.29 is 4.79 Å². The zero-order chi connectivity index (χ0) is 18.4. The number of carbonyl (C=O) groups excluding carboxylic acids is 1. The Balaban J connectivity index is 1.55. The Morgan fingerprint density at radius 1 is 1.08 bits per heavy atom. The van der Waals surface area contributed by atoms with Gasteiger partial charge in [-0.15, -0.1) is 0 Å². The summed E-state index contributed by atoms with van der Waals surface area (Å²) in [6.45, 7) is 8.05. The number of aromatic nitrogens is 2. The van der Waals surface area contributed by atoms with Crippen LogP contribution in [0.25, 0.3) is 5.69 Å². The standard InChI is InChI=1S/C21H30N4O/c1-17-20(18(2)25(23-17)19-11-6-5-7-12-19)21(26)22-13-10-16-24-14-8-3-4-9-15-24/h5-7,11-12H,3-4,8-10,13-16H2,1-2H3,(H,22,26). The van der Waals surface area contributed by atoms with Gasteiger partial charge in [0.2, 0.25) is 0 Å². The van der Waals surface area contributed by atoms with E-state index in [1.54, 1.807) is 0 Å². The third kappa shape index (κ3) is 4.52. The molecule has 1 N–H and O–H groups in total. The second kappa shape index (κ2) is 8.99. The van der Waals surface area contributed by atoms with Gasteiger partial charge in [-0.05, 0) is 64.9 Å². The van der Waals surface area contributed by atoms with E-state index in [2.05, 4.69) is 15.3 Å². The Labute approximate surface area is 156 Å². The summed E-state index contributed by atoms with van der Waals surface area (Å²) < 4.78 is 1.85. The van der Waals surface area contributed by atoms with Crippen LogP contribution < -0.4 is 5.32 Å². The van der Waals surface area contributed by atoms with Crippen molar-refractivity contribution in [1.82, 2.24) is 20.0 Å². The minimum Gasteiger partial charge on any atom is -0.352 e. The summed E-state index contributed by atoms with van der Waals surface area (Å²) in [4.78, 5) is 15.2. The highest BCUT2D eigenvalue weighted by Crippen LogP contribution is 2.17. The second-order valence-electron chi connectivity index (χ2n) is 7.16. The normalized spacial score (nSPS) is 15.6. The largest absolute Gasteiger partial charge is 0.352 e. The molecule has 1 saturated heterocycles. The van der Waals surface area contributed by atoms with E-state index in [4.69, 9.17) is 0 Å². The Kier molecular flexibility index (Phi) is 6.45. The zero-order valence-corrected chi connectivity index (χ0v) is 16.0. The molecule has 0 aliphatic carbocycles. The van der Waals surface area contributed by atoms with Crippen LogP contribution in [0.3, 0.4) is 0 Å². The lowest BCUT2D eigenvalue weighted by Crippen LogP contribution is -2.31. The Bertz CT molecular complexity index is 715. The quantitative estimate of drug-likeness (QED) is 0.808. The number of hydrogen-bond acceptors (Lipinski definition) is 3. The van der Waals surface area contributed by atoms with E-state index in [-0.39, 0.29) is 5.91 Å². The van der Waals surface area contributed by atoms with Gasteiger partial charge < -0.3 is 10.2 Å². The van der Waals surface area contributed by atoms with Crippen LogP contribution in [0.1, 0.15) is 53.8 Å². The Hall–Kier alpha value is -2.14. The monoisotopic (exact) mass is 354 g/mol. The van der Waals surface area contributed by atoms with Crippen molar-refractivity contribution in [3.05, 3.63) is 47.3 Å². The predicted octanol–water partition coefficient (Wildman–Crippen LogP) is 3.49. The van der Waals surface area contributed by atoms with Gasteiger partial charge in [-0.25, -0.2) is 4.68 Å². The molecule has 26 heavy (non-hydrogen) atoms. The van der Waals surface area contributed by atoms with Crippen molar-refractivity contribution in [3.8, 4) is 5.69 Å². The highest BCUT2D eigenvalue weighted by atomic mass is 16.1. The van der Waals surface area contributed by atoms with E-state index < -0.39 is 0 Å². The predicted molar refractivity (Wildman–Crippen MR) is 105 cm³/mol. The highest BCUT2D eigenvalue weighted by molar-refractivity contribution is 5.96. The van der Waals surface area contributed by atoms with Crippen LogP contribution in [-0.2, 0) is 0 Å². The summed E-state index contributed by atoms with van der Waals surface area (Å²) in [5, 5.41) is 7.64. The van der Waals surface area contributed by atoms with Crippen molar-refractivity contribution in [3.63, 3.8) is 0 Å². The van der Waals surface area contributed by atoms with Crippen molar-refractivity contribution >= 4 is 5.91 Å². The van der Waals surface area contributed by atoms with Crippen molar-refractivity contribution in [2.75, 3.05) is 26.2 Å². The number of carbonyl (C=O) groups is 1. The van der Waals surface area contributed by atoms with Gasteiger partial charge in [0, 0.05) is 6.54 Å². The van der Waals surface area contributed by atoms with Gasteiger partial charge in [-0.1, -0.05) is 31.0 Å². The lowest BCUT2D eigenvalue weighted by atomic mass is 10.2. The summed E-state index contributed by atoms with van der Waals surface area (Å²) >= 11 is 0. The molecular weight excluding hydrogens is 324 g/mol. The van der Waals surface area contributed by atoms with Crippen molar-refractivity contribution in [1.29, 1.82) is 0 Å². The van der Waals surface area contributed by atoms with E-state index >= 15 is 0 Å². The SMILES string of the molecule is Cc1nn(-c2ccccc2)c(C)c1C(=O)NCCCN1CCCCCC1. The molecule has 0 saturated carbocycles. The molecule has 0 bridgehead atoms. The maximum Gasteiger partial charge on any atom is 0.255 e. The first-order valence-electron chi connectivity index (χ1n) is 9.79. The molecule has 3 rings (SSSR count). The molecule has 5 nitrogen and oxygen atoms in total. The molecule has 1 aromatic carbocycles. The van der Waals surface area contributed by atoms with E-state index in [1.165, 1.54) is 38.8 Å². The fraction of sp³-hybridized carbons (Fsp3) is 0.524. The summed E-state index contributed by atoms with van der Waals surface area (Å²) in [5.74, 6) is -0.0157. The number of benzene rings is 1. The molecule has 1 fully saturated rings. The molecular formula is C21H30N4O. The minimum atomic E-state index is -0.0157. The average molecular weight is 354 g/mol. The number of nitrogens with zero attached hydrogens (tertiary/aromatic N) is 3. The third-order valence-electron chi connectivity index (χ3n) is 5.15. The molecule has 0 spiro atoms. The van der Waals surface area contributed by atoms with E-state index in [9.17, 15) is 4.79 Å². The fourth-order valence-electron chi connectivity index (χ4n) is 3.74. The van der Waals surface area contributed by atoms with Crippen LogP contribution in [0.5, 0.6) is 0 Å². The minimum absolute atomic E-state index is 0.0157. The van der Waals surface area contributed by atoms with E-state index in [0.717, 1.165) is 30.0 Å². The number of aryl methyl sites for hydroxylation is 1. The summed E-state index contributed by atoms with van der Waals surface area (Å²) in [6.07, 6.45) is 6.33. The third-order valence-corrected chi connectivity index (χ3v) is 5.15. The van der Waals surface area contributed by atoms with Gasteiger partial charge in [0.15, 0.2) is 0 Å². The maximum absolute atomic E-state index is 12.7. The number of amides is 1. The van der Waals surface area contributed by atoms with Gasteiger partial charge in [0.25, 0.3) is 5.91 Å². The maximum atomic E-state index is 12.7. The molecule has 1 amide bonds. The number of para-hydroxylation sites is 1. The molecule has 0 unspecified atom stereocenters. The van der Waals surface area contributed by atoms with Gasteiger partial charge in [-0.3, -0.25) is 4.79 Å². The molecule has 1 aromatic heterocycles. The first-order valence-corrected chi connectivity index (χ1v) is 9.79. The molecule has 2 heterocycles. The molecule has 1 aliphatic rings. The second-order valence-corrected chi connectivity index (χ2v) is 7.16. The van der Waals surface area contributed by atoms with Crippen molar-refractivity contribution in [2.45, 2.75) is 46.0 Å². The molecule has 0 radical (unpaired) electrons. The first-order chi connectivity index (χ1) is 12.7. The number of nitrogens with one attached hydrogen (secondary N) is 1. The average Bonchev–Trinajstić information content (AvgIpc) is 2.81. The zero-order valence-electron chi connectivity index (χ0n) is 16.0. The number of rotatable bonds is 6. The summed E-state index contributed by atoms with van der Waals surface area (Å²) in [6, 6.07) is 9.94. The van der Waals surface area contributed by atoms with Crippen LogP contribution in [0.2, 0.25) is 0 Å². The van der Waals surface area contributed by atoms with Crippen LogP contribution in [0.4, 0.5) is 0 Å². The number of hydrogen-bond donors (Lipinski definition) is 1. The topological polar surface area (TPSA) is 50.2 Å². The van der Waals surface area contributed by atoms with E-state index in [1.807, 2.05) is 48.9 Å². The van der Waals surface area contributed by atoms with Crippen LogP contribution in [0, 0.1) is 13.8 Å². The molecule has 140 valence electrons. The highest BCUT2D eigenvalue weighted by Gasteiger charge is 2.19. The van der Waals surface area contributed by atoms with Gasteiger partial charge in [-0.2, -0.15) is 5.10 Å². The Morgan fingerprint density at radius 2 is 1.77 bits per heavy atom. The molecule has 0 atom stereocenters. The van der Waals surface area contributed by atoms with E-state index in [0.29, 0.717) is 12.1 Å². The van der Waals surface area contributed by atoms with Crippen molar-refractivity contribution in [2.24, 2.45) is 0 Å². The molecule has 1 aliphatic heterocycles. The molecule has 5 heteroatoms. The Morgan fingerprint density at radius 3 is 2.46 bits per heavy atom.